The van der Waals surface area contributed by atoms with Gasteiger partial charge in [0.15, 0.2) is 5.65 Å². The van der Waals surface area contributed by atoms with Gasteiger partial charge in [-0.05, 0) is 30.5 Å². The molecule has 2 aromatic carbocycles. The van der Waals surface area contributed by atoms with Crippen molar-refractivity contribution in [3.63, 3.8) is 0 Å². The van der Waals surface area contributed by atoms with Gasteiger partial charge in [0.05, 0.1) is 29.4 Å². The molecule has 1 amide bonds. The molecule has 0 spiro atoms. The molecule has 7 nitrogen and oxygen atoms in total. The summed E-state index contributed by atoms with van der Waals surface area (Å²) in [6, 6.07) is 16.7. The number of nitriles is 1. The Morgan fingerprint density at radius 2 is 1.97 bits per heavy atom. The van der Waals surface area contributed by atoms with E-state index < -0.39 is 5.91 Å². The number of fused-ring (bicyclic) bond motifs is 3. The number of thioether (sulfide) groups is 1. The number of aromatic nitrogens is 2. The molecule has 0 fully saturated rings. The fourth-order valence-electron chi connectivity index (χ4n) is 3.35. The predicted octanol–water partition coefficient (Wildman–Crippen LogP) is 3.92. The van der Waals surface area contributed by atoms with Gasteiger partial charge in [0.1, 0.15) is 23.2 Å². The molecule has 144 valence electrons. The van der Waals surface area contributed by atoms with Crippen LogP contribution >= 0.6 is 11.8 Å². The molecule has 0 aliphatic rings. The molecule has 8 heteroatoms. The second-order valence-corrected chi connectivity index (χ2v) is 7.01. The molecule has 3 N–H and O–H groups in total. The summed E-state index contributed by atoms with van der Waals surface area (Å²) in [6.45, 7) is 0. The Labute approximate surface area is 171 Å². The number of pyridine rings is 1. The van der Waals surface area contributed by atoms with Gasteiger partial charge in [-0.15, -0.1) is 11.8 Å². The van der Waals surface area contributed by atoms with Crippen LogP contribution in [0.15, 0.2) is 53.4 Å². The third-order valence-corrected chi connectivity index (χ3v) is 5.45. The Hall–Kier alpha value is -3.70. The van der Waals surface area contributed by atoms with Gasteiger partial charge in [0.2, 0.25) is 0 Å². The SMILES string of the molecule is COc1ccccc1NC(=O)c1c(SC)c(C#N)c2nc3ccccc3n2c1N. The maximum absolute atomic E-state index is 13.2. The summed E-state index contributed by atoms with van der Waals surface area (Å²) in [5.74, 6) is 0.330. The van der Waals surface area contributed by atoms with E-state index in [1.807, 2.05) is 30.3 Å². The lowest BCUT2D eigenvalue weighted by atomic mass is 10.1. The van der Waals surface area contributed by atoms with Crippen LogP contribution in [-0.2, 0) is 0 Å². The topological polar surface area (TPSA) is 105 Å². The largest absolute Gasteiger partial charge is 0.495 e. The Balaban J connectivity index is 1.98. The number of anilines is 2. The average Bonchev–Trinajstić information content (AvgIpc) is 3.13. The quantitative estimate of drug-likeness (QED) is 0.500. The number of ether oxygens (including phenoxy) is 1. The number of hydrogen-bond acceptors (Lipinski definition) is 6. The molecule has 0 unspecified atom stereocenters. The van der Waals surface area contributed by atoms with Gasteiger partial charge in [0, 0.05) is 4.90 Å². The van der Waals surface area contributed by atoms with Gasteiger partial charge in [0.25, 0.3) is 5.91 Å². The minimum Gasteiger partial charge on any atom is -0.495 e. The maximum atomic E-state index is 13.2. The number of carbonyl (C=O) groups excluding carboxylic acids is 1. The van der Waals surface area contributed by atoms with Crippen molar-refractivity contribution in [1.29, 1.82) is 5.26 Å². The second-order valence-electron chi connectivity index (χ2n) is 6.19. The number of imidazole rings is 1. The first-order chi connectivity index (χ1) is 14.1. The van der Waals surface area contributed by atoms with Crippen LogP contribution in [0, 0.1) is 11.3 Å². The van der Waals surface area contributed by atoms with E-state index in [1.54, 1.807) is 28.9 Å². The first kappa shape index (κ1) is 18.7. The molecule has 4 aromatic rings. The minimum absolute atomic E-state index is 0.226. The highest BCUT2D eigenvalue weighted by Crippen LogP contribution is 2.35. The number of nitrogens with two attached hydrogens (primary N) is 1. The van der Waals surface area contributed by atoms with E-state index in [1.165, 1.54) is 18.9 Å². The summed E-state index contributed by atoms with van der Waals surface area (Å²) in [6.07, 6.45) is 1.80. The van der Waals surface area contributed by atoms with Gasteiger partial charge in [-0.25, -0.2) is 4.98 Å². The highest BCUT2D eigenvalue weighted by molar-refractivity contribution is 7.98. The van der Waals surface area contributed by atoms with E-state index in [-0.39, 0.29) is 11.4 Å². The zero-order chi connectivity index (χ0) is 20.5. The van der Waals surface area contributed by atoms with Crippen molar-refractivity contribution in [2.75, 3.05) is 24.4 Å². The molecule has 0 aliphatic carbocycles. The number of carbonyl (C=O) groups is 1. The molecule has 0 atom stereocenters. The fourth-order valence-corrected chi connectivity index (χ4v) is 4.09. The van der Waals surface area contributed by atoms with E-state index in [9.17, 15) is 10.1 Å². The lowest BCUT2D eigenvalue weighted by molar-refractivity contribution is 0.102. The van der Waals surface area contributed by atoms with Crippen molar-refractivity contribution < 1.29 is 9.53 Å². The number of benzene rings is 2. The molecule has 0 radical (unpaired) electrons. The van der Waals surface area contributed by atoms with E-state index in [4.69, 9.17) is 10.5 Å². The molecular formula is C21H17N5O2S. The second kappa shape index (κ2) is 7.37. The van der Waals surface area contributed by atoms with Crippen LogP contribution < -0.4 is 15.8 Å². The van der Waals surface area contributed by atoms with E-state index in [0.29, 0.717) is 33.1 Å². The van der Waals surface area contributed by atoms with Gasteiger partial charge in [-0.2, -0.15) is 5.26 Å². The summed E-state index contributed by atoms with van der Waals surface area (Å²) < 4.78 is 6.97. The van der Waals surface area contributed by atoms with Crippen LogP contribution in [0.25, 0.3) is 16.7 Å². The summed E-state index contributed by atoms with van der Waals surface area (Å²) in [5, 5.41) is 12.7. The van der Waals surface area contributed by atoms with Crippen molar-refractivity contribution in [3.8, 4) is 11.8 Å². The van der Waals surface area contributed by atoms with Crippen LogP contribution in [0.2, 0.25) is 0 Å². The number of methoxy groups -OCH3 is 1. The molecule has 0 saturated carbocycles. The zero-order valence-electron chi connectivity index (χ0n) is 15.8. The van der Waals surface area contributed by atoms with Crippen molar-refractivity contribution >= 4 is 45.9 Å². The molecule has 29 heavy (non-hydrogen) atoms. The third-order valence-electron chi connectivity index (χ3n) is 4.63. The molecule has 0 bridgehead atoms. The van der Waals surface area contributed by atoms with Gasteiger partial charge in [-0.3, -0.25) is 9.20 Å². The Bertz CT molecular complexity index is 1310. The average molecular weight is 403 g/mol. The van der Waals surface area contributed by atoms with Crippen LogP contribution in [0.4, 0.5) is 11.5 Å². The molecule has 0 saturated heterocycles. The van der Waals surface area contributed by atoms with E-state index in [2.05, 4.69) is 16.4 Å². The highest BCUT2D eigenvalue weighted by atomic mass is 32.2. The molecule has 4 rings (SSSR count). The number of hydrogen-bond donors (Lipinski definition) is 2. The number of nitrogens with one attached hydrogen (secondary N) is 1. The minimum atomic E-state index is -0.424. The molecule has 0 aliphatic heterocycles. The lowest BCUT2D eigenvalue weighted by Crippen LogP contribution is -2.19. The molecule has 2 heterocycles. The summed E-state index contributed by atoms with van der Waals surface area (Å²) >= 11 is 1.29. The Morgan fingerprint density at radius 3 is 2.69 bits per heavy atom. The smallest absolute Gasteiger partial charge is 0.260 e. The number of nitrogen functional groups attached to an aromatic ring is 1. The maximum Gasteiger partial charge on any atom is 0.260 e. The first-order valence-corrected chi connectivity index (χ1v) is 9.94. The normalized spacial score (nSPS) is 10.8. The standard InChI is InChI=1S/C21H17N5O2S/c1-28-16-10-6-4-8-14(16)25-21(27)17-18(29-2)12(11-22)20-24-13-7-3-5-9-15(13)26(20)19(17)23/h3-10H,23H2,1-2H3,(H,25,27). The van der Waals surface area contributed by atoms with Crippen LogP contribution in [0.3, 0.4) is 0 Å². The Kier molecular flexibility index (Phi) is 4.74. The van der Waals surface area contributed by atoms with Crippen molar-refractivity contribution in [1.82, 2.24) is 9.38 Å². The van der Waals surface area contributed by atoms with Gasteiger partial charge >= 0.3 is 0 Å². The van der Waals surface area contributed by atoms with E-state index in [0.717, 1.165) is 5.52 Å². The van der Waals surface area contributed by atoms with E-state index >= 15 is 0 Å². The Morgan fingerprint density at radius 1 is 1.24 bits per heavy atom. The highest BCUT2D eigenvalue weighted by Gasteiger charge is 2.25. The van der Waals surface area contributed by atoms with Gasteiger partial charge < -0.3 is 15.8 Å². The van der Waals surface area contributed by atoms with Gasteiger partial charge in [-0.1, -0.05) is 24.3 Å². The van der Waals surface area contributed by atoms with Crippen molar-refractivity contribution in [3.05, 3.63) is 59.7 Å². The number of nitrogens with zero attached hydrogens (tertiary/aromatic N) is 3. The van der Waals surface area contributed by atoms with Crippen LogP contribution in [0.1, 0.15) is 15.9 Å². The van der Waals surface area contributed by atoms with Crippen LogP contribution in [0.5, 0.6) is 5.75 Å². The third kappa shape index (κ3) is 2.92. The summed E-state index contributed by atoms with van der Waals surface area (Å²) in [7, 11) is 1.53. The summed E-state index contributed by atoms with van der Waals surface area (Å²) in [5.41, 5.74) is 9.39. The van der Waals surface area contributed by atoms with Crippen molar-refractivity contribution in [2.45, 2.75) is 4.90 Å². The summed E-state index contributed by atoms with van der Waals surface area (Å²) in [4.78, 5) is 18.3. The van der Waals surface area contributed by atoms with Crippen LogP contribution in [-0.4, -0.2) is 28.7 Å². The number of rotatable bonds is 4. The molecular weight excluding hydrogens is 386 g/mol. The van der Waals surface area contributed by atoms with Crippen molar-refractivity contribution in [2.24, 2.45) is 0 Å². The zero-order valence-corrected chi connectivity index (χ0v) is 16.6. The number of amides is 1. The monoisotopic (exact) mass is 403 g/mol. The fraction of sp³-hybridized carbons (Fsp3) is 0.0952. The number of para-hydroxylation sites is 4. The molecule has 2 aromatic heterocycles. The lowest BCUT2D eigenvalue weighted by Gasteiger charge is -2.16. The predicted molar refractivity (Wildman–Crippen MR) is 115 cm³/mol. The first-order valence-electron chi connectivity index (χ1n) is 8.71.